The van der Waals surface area contributed by atoms with E-state index in [9.17, 15) is 4.79 Å². The van der Waals surface area contributed by atoms with Crippen LogP contribution in [0.25, 0.3) is 5.82 Å². The summed E-state index contributed by atoms with van der Waals surface area (Å²) in [6.45, 7) is 0. The molecule has 11 heteroatoms. The van der Waals surface area contributed by atoms with Gasteiger partial charge in [-0.15, -0.1) is 10.2 Å². The first-order valence-electron chi connectivity index (χ1n) is 10.2. The zero-order valence-electron chi connectivity index (χ0n) is 18.4. The summed E-state index contributed by atoms with van der Waals surface area (Å²) in [6.07, 6.45) is 1.76. The standard InChI is InChI=1S/C23H22FN7O3/c1-33-15-11-16(20(24)18(12-15)34-2)17(10-13-5-7-14(8-6-13)21(25)26)22-28-23(32)31(30-22)19-4-3-9-27-29-19/h3-9,11-12,17H,10H2,1-2H3,(H3,25,26)(H,28,30,32). The molecule has 0 saturated heterocycles. The molecular weight excluding hydrogens is 441 g/mol. The van der Waals surface area contributed by atoms with Crippen molar-refractivity contribution < 1.29 is 13.9 Å². The van der Waals surface area contributed by atoms with Crippen molar-refractivity contribution in [3.63, 3.8) is 0 Å². The van der Waals surface area contributed by atoms with Gasteiger partial charge in [0.25, 0.3) is 0 Å². The number of halogens is 1. The van der Waals surface area contributed by atoms with Crippen LogP contribution in [-0.2, 0) is 6.42 Å². The minimum Gasteiger partial charge on any atom is -0.497 e. The third-order valence-corrected chi connectivity index (χ3v) is 5.32. The van der Waals surface area contributed by atoms with Crippen molar-refractivity contribution in [3.05, 3.63) is 93.5 Å². The Morgan fingerprint density at radius 3 is 2.59 bits per heavy atom. The zero-order chi connectivity index (χ0) is 24.2. The highest BCUT2D eigenvalue weighted by Gasteiger charge is 2.26. The molecule has 10 nitrogen and oxygen atoms in total. The van der Waals surface area contributed by atoms with Crippen LogP contribution in [0.2, 0.25) is 0 Å². The second kappa shape index (κ2) is 9.53. The molecule has 4 aromatic rings. The van der Waals surface area contributed by atoms with Gasteiger partial charge in [0.05, 0.1) is 20.1 Å². The lowest BCUT2D eigenvalue weighted by atomic mass is 9.90. The summed E-state index contributed by atoms with van der Waals surface area (Å²) in [5, 5.41) is 19.7. The molecule has 2 aromatic carbocycles. The Bertz CT molecular complexity index is 1370. The highest BCUT2D eigenvalue weighted by atomic mass is 19.1. The Kier molecular flexibility index (Phi) is 6.35. The van der Waals surface area contributed by atoms with Crippen molar-refractivity contribution in [2.75, 3.05) is 14.2 Å². The van der Waals surface area contributed by atoms with Crippen LogP contribution in [0.3, 0.4) is 0 Å². The molecule has 1 unspecified atom stereocenters. The van der Waals surface area contributed by atoms with E-state index in [1.807, 2.05) is 0 Å². The molecule has 2 heterocycles. The third kappa shape index (κ3) is 4.49. The fraction of sp³-hybridized carbons (Fsp3) is 0.174. The summed E-state index contributed by atoms with van der Waals surface area (Å²) in [6, 6.07) is 13.2. The Hall–Kier alpha value is -4.54. The SMILES string of the molecule is COc1cc(OC)c(F)c(C(Cc2ccc(C(=N)N)cc2)c2nn(-c3cccnn3)c(=O)[nH]2)c1. The van der Waals surface area contributed by atoms with Crippen LogP contribution in [0.5, 0.6) is 11.5 Å². The number of amidine groups is 1. The molecule has 4 rings (SSSR count). The molecule has 1 atom stereocenters. The predicted octanol–water partition coefficient (Wildman–Crippen LogP) is 2.17. The number of hydrogen-bond acceptors (Lipinski definition) is 7. The topological polar surface area (TPSA) is 145 Å². The molecule has 0 amide bonds. The third-order valence-electron chi connectivity index (χ3n) is 5.32. The molecule has 174 valence electrons. The average molecular weight is 463 g/mol. The second-order valence-electron chi connectivity index (χ2n) is 7.41. The van der Waals surface area contributed by atoms with Crippen LogP contribution in [0.1, 0.15) is 28.4 Å². The number of H-pyrrole nitrogens is 1. The normalized spacial score (nSPS) is 11.7. The van der Waals surface area contributed by atoms with Gasteiger partial charge in [-0.1, -0.05) is 24.3 Å². The van der Waals surface area contributed by atoms with E-state index in [0.29, 0.717) is 11.3 Å². The first kappa shape index (κ1) is 22.6. The van der Waals surface area contributed by atoms with Gasteiger partial charge >= 0.3 is 5.69 Å². The second-order valence-corrected chi connectivity index (χ2v) is 7.41. The molecule has 0 aliphatic carbocycles. The van der Waals surface area contributed by atoms with Crippen LogP contribution in [0, 0.1) is 11.2 Å². The van der Waals surface area contributed by atoms with Crippen molar-refractivity contribution >= 4 is 5.84 Å². The van der Waals surface area contributed by atoms with E-state index in [0.717, 1.165) is 10.2 Å². The largest absolute Gasteiger partial charge is 0.497 e. The van der Waals surface area contributed by atoms with E-state index in [1.54, 1.807) is 42.5 Å². The number of aromatic nitrogens is 5. The molecule has 0 aliphatic heterocycles. The smallest absolute Gasteiger partial charge is 0.349 e. The van der Waals surface area contributed by atoms with E-state index in [1.165, 1.54) is 26.5 Å². The Morgan fingerprint density at radius 2 is 1.97 bits per heavy atom. The quantitative estimate of drug-likeness (QED) is 0.268. The molecule has 0 fully saturated rings. The molecule has 0 aliphatic rings. The van der Waals surface area contributed by atoms with Crippen LogP contribution in [0.15, 0.2) is 59.5 Å². The van der Waals surface area contributed by atoms with Crippen molar-refractivity contribution in [2.45, 2.75) is 12.3 Å². The first-order chi connectivity index (χ1) is 16.4. The lowest BCUT2D eigenvalue weighted by Gasteiger charge is -2.18. The van der Waals surface area contributed by atoms with Crippen LogP contribution in [-0.4, -0.2) is 45.0 Å². The minimum absolute atomic E-state index is 0.00184. The van der Waals surface area contributed by atoms with Crippen molar-refractivity contribution in [3.8, 4) is 17.3 Å². The van der Waals surface area contributed by atoms with Gasteiger partial charge < -0.3 is 15.2 Å². The van der Waals surface area contributed by atoms with Gasteiger partial charge in [-0.25, -0.2) is 9.18 Å². The monoisotopic (exact) mass is 463 g/mol. The van der Waals surface area contributed by atoms with E-state index in [4.69, 9.17) is 20.6 Å². The highest BCUT2D eigenvalue weighted by molar-refractivity contribution is 5.94. The van der Waals surface area contributed by atoms with Gasteiger partial charge in [-0.05, 0) is 30.2 Å². The number of nitrogens with two attached hydrogens (primary N) is 1. The number of ether oxygens (including phenoxy) is 2. The number of nitrogens with zero attached hydrogens (tertiary/aromatic N) is 4. The van der Waals surface area contributed by atoms with Crippen LogP contribution < -0.4 is 20.9 Å². The number of hydrogen-bond donors (Lipinski definition) is 3. The van der Waals surface area contributed by atoms with Gasteiger partial charge in [-0.2, -0.15) is 9.78 Å². The average Bonchev–Trinajstić information content (AvgIpc) is 3.25. The number of aromatic amines is 1. The number of nitrogen functional groups attached to an aromatic ring is 1. The number of benzene rings is 2. The summed E-state index contributed by atoms with van der Waals surface area (Å²) in [7, 11) is 2.83. The number of rotatable bonds is 8. The predicted molar refractivity (Wildman–Crippen MR) is 122 cm³/mol. The summed E-state index contributed by atoms with van der Waals surface area (Å²) >= 11 is 0. The molecule has 0 saturated carbocycles. The van der Waals surface area contributed by atoms with E-state index < -0.39 is 17.4 Å². The Labute approximate surface area is 193 Å². The Morgan fingerprint density at radius 1 is 1.21 bits per heavy atom. The molecule has 4 N–H and O–H groups in total. The highest BCUT2D eigenvalue weighted by Crippen LogP contribution is 2.35. The molecule has 34 heavy (non-hydrogen) atoms. The molecule has 2 aromatic heterocycles. The zero-order valence-corrected chi connectivity index (χ0v) is 18.4. The minimum atomic E-state index is -0.710. The summed E-state index contributed by atoms with van der Waals surface area (Å²) in [5.74, 6) is -0.522. The molecule has 0 radical (unpaired) electrons. The van der Waals surface area contributed by atoms with Crippen LogP contribution >= 0.6 is 0 Å². The maximum atomic E-state index is 15.5. The lowest BCUT2D eigenvalue weighted by molar-refractivity contribution is 0.369. The molecular formula is C23H22FN7O3. The van der Waals surface area contributed by atoms with Crippen molar-refractivity contribution in [2.24, 2.45) is 5.73 Å². The summed E-state index contributed by atoms with van der Waals surface area (Å²) < 4.78 is 27.1. The van der Waals surface area contributed by atoms with Crippen molar-refractivity contribution in [1.29, 1.82) is 5.41 Å². The van der Waals surface area contributed by atoms with Gasteiger partial charge in [0.15, 0.2) is 17.4 Å². The Balaban J connectivity index is 1.84. The fourth-order valence-corrected chi connectivity index (χ4v) is 3.58. The first-order valence-corrected chi connectivity index (χ1v) is 10.2. The number of nitrogens with one attached hydrogen (secondary N) is 2. The summed E-state index contributed by atoms with van der Waals surface area (Å²) in [5.41, 5.74) is 6.61. The van der Waals surface area contributed by atoms with Gasteiger partial charge in [0.2, 0.25) is 0 Å². The van der Waals surface area contributed by atoms with E-state index in [2.05, 4.69) is 20.3 Å². The van der Waals surface area contributed by atoms with E-state index >= 15 is 4.39 Å². The van der Waals surface area contributed by atoms with Crippen LogP contribution in [0.4, 0.5) is 4.39 Å². The maximum Gasteiger partial charge on any atom is 0.349 e. The molecule has 0 bridgehead atoms. The fourth-order valence-electron chi connectivity index (χ4n) is 3.58. The lowest BCUT2D eigenvalue weighted by Crippen LogP contribution is -2.17. The molecule has 0 spiro atoms. The van der Waals surface area contributed by atoms with E-state index in [-0.39, 0.29) is 35.2 Å². The maximum absolute atomic E-state index is 15.5. The van der Waals surface area contributed by atoms with Crippen molar-refractivity contribution in [1.82, 2.24) is 25.0 Å². The van der Waals surface area contributed by atoms with Gasteiger partial charge in [0.1, 0.15) is 17.4 Å². The van der Waals surface area contributed by atoms with Gasteiger partial charge in [0, 0.05) is 23.4 Å². The van der Waals surface area contributed by atoms with Gasteiger partial charge in [-0.3, -0.25) is 10.4 Å². The number of methoxy groups -OCH3 is 2. The summed E-state index contributed by atoms with van der Waals surface area (Å²) in [4.78, 5) is 15.4.